The summed E-state index contributed by atoms with van der Waals surface area (Å²) in [5.74, 6) is -1.11. The van der Waals surface area contributed by atoms with Crippen LogP contribution >= 0.6 is 11.3 Å². The van der Waals surface area contributed by atoms with Gasteiger partial charge in [-0.15, -0.1) is 0 Å². The fourth-order valence-electron chi connectivity index (χ4n) is 2.90. The van der Waals surface area contributed by atoms with Gasteiger partial charge in [-0.1, -0.05) is 41.7 Å². The molecule has 2 heterocycles. The normalized spacial score (nSPS) is 13.7. The molecule has 0 radical (unpaired) electrons. The number of carboxylic acid groups (broad SMARTS) is 1. The highest BCUT2D eigenvalue weighted by molar-refractivity contribution is 7.16. The molecule has 1 aromatic heterocycles. The van der Waals surface area contributed by atoms with E-state index in [1.165, 1.54) is 17.4 Å². The van der Waals surface area contributed by atoms with E-state index in [9.17, 15) is 15.0 Å². The minimum absolute atomic E-state index is 0.0973. The third-order valence-corrected chi connectivity index (χ3v) is 5.32. The first-order valence-electron chi connectivity index (χ1n) is 8.15. The predicted molar refractivity (Wildman–Crippen MR) is 108 cm³/mol. The van der Waals surface area contributed by atoms with Crippen LogP contribution in [-0.4, -0.2) is 34.4 Å². The van der Waals surface area contributed by atoms with Crippen LogP contribution in [0.1, 0.15) is 20.8 Å². The van der Waals surface area contributed by atoms with E-state index in [1.54, 1.807) is 36.4 Å². The molecule has 134 valence electrons. The average Bonchev–Trinajstić information content (AvgIpc) is 3.25. The highest BCUT2D eigenvalue weighted by atomic mass is 32.1. The number of aromatic carboxylic acids is 1. The minimum Gasteiger partial charge on any atom is -0.492 e. The lowest BCUT2D eigenvalue weighted by Crippen LogP contribution is -2.13. The topological polar surface area (TPSA) is 86.0 Å². The maximum atomic E-state index is 11.5. The van der Waals surface area contributed by atoms with Crippen LogP contribution in [0, 0.1) is 0 Å². The van der Waals surface area contributed by atoms with E-state index >= 15 is 0 Å². The van der Waals surface area contributed by atoms with Gasteiger partial charge < -0.3 is 15.1 Å². The molecule has 3 aromatic rings. The molecule has 0 bridgehead atoms. The molecule has 1 aliphatic rings. The summed E-state index contributed by atoms with van der Waals surface area (Å²) in [5, 5.41) is 20.2. The summed E-state index contributed by atoms with van der Waals surface area (Å²) in [5.41, 5.74) is 3.46. The lowest BCUT2D eigenvalue weighted by molar-refractivity contribution is 0.0697. The lowest BCUT2D eigenvalue weighted by atomic mass is 10.1. The number of nitrogens with zero attached hydrogens (tertiary/aromatic N) is 3. The monoisotopic (exact) mass is 377 g/mol. The van der Waals surface area contributed by atoms with Crippen LogP contribution in [0.2, 0.25) is 0 Å². The Hall–Kier alpha value is -3.45. The molecule has 0 saturated carbocycles. The van der Waals surface area contributed by atoms with Crippen LogP contribution in [0.25, 0.3) is 11.6 Å². The largest absolute Gasteiger partial charge is 0.492 e. The van der Waals surface area contributed by atoms with Gasteiger partial charge in [0, 0.05) is 24.4 Å². The van der Waals surface area contributed by atoms with Gasteiger partial charge in [-0.3, -0.25) is 4.99 Å². The number of rotatable bonds is 4. The van der Waals surface area contributed by atoms with Crippen LogP contribution in [0.3, 0.4) is 0 Å². The van der Waals surface area contributed by atoms with E-state index in [-0.39, 0.29) is 11.4 Å². The Morgan fingerprint density at radius 2 is 1.89 bits per heavy atom. The second kappa shape index (κ2) is 6.69. The molecule has 0 amide bonds. The van der Waals surface area contributed by atoms with Crippen LogP contribution in [0.15, 0.2) is 53.5 Å². The van der Waals surface area contributed by atoms with Crippen molar-refractivity contribution in [1.29, 1.82) is 0 Å². The minimum atomic E-state index is -1.01. The molecule has 0 saturated heterocycles. The number of hydrogen-bond acceptors (Lipinski definition) is 6. The maximum Gasteiger partial charge on any atom is 0.337 e. The summed E-state index contributed by atoms with van der Waals surface area (Å²) in [6, 6.07) is 14.5. The van der Waals surface area contributed by atoms with Gasteiger partial charge in [-0.25, -0.2) is 4.79 Å². The summed E-state index contributed by atoms with van der Waals surface area (Å²) < 4.78 is 0. The molecular weight excluding hydrogens is 362 g/mol. The van der Waals surface area contributed by atoms with Crippen molar-refractivity contribution in [3.63, 3.8) is 0 Å². The van der Waals surface area contributed by atoms with E-state index in [0.717, 1.165) is 16.8 Å². The van der Waals surface area contributed by atoms with E-state index in [1.807, 2.05) is 30.3 Å². The van der Waals surface area contributed by atoms with Gasteiger partial charge in [0.15, 0.2) is 5.13 Å². The quantitative estimate of drug-likeness (QED) is 0.695. The summed E-state index contributed by atoms with van der Waals surface area (Å²) in [6.07, 6.45) is 3.59. The molecule has 0 aliphatic carbocycles. The Labute approximate surface area is 159 Å². The fraction of sp³-hybridized carbons (Fsp3) is 0.0500. The molecular formula is C20H15N3O3S. The number of carbonyl (C=O) groups is 1. The number of aromatic nitrogens is 1. The Kier molecular flexibility index (Phi) is 4.21. The number of aromatic hydroxyl groups is 1. The number of para-hydroxylation sites is 2. The zero-order valence-electron chi connectivity index (χ0n) is 14.3. The maximum absolute atomic E-state index is 11.5. The smallest absolute Gasteiger partial charge is 0.337 e. The Bertz CT molecular complexity index is 1100. The second-order valence-corrected chi connectivity index (χ2v) is 6.95. The number of benzene rings is 2. The molecule has 1 aliphatic heterocycles. The fourth-order valence-corrected chi connectivity index (χ4v) is 3.78. The van der Waals surface area contributed by atoms with Gasteiger partial charge >= 0.3 is 5.97 Å². The van der Waals surface area contributed by atoms with Crippen LogP contribution in [-0.2, 0) is 0 Å². The van der Waals surface area contributed by atoms with Crippen molar-refractivity contribution in [1.82, 2.24) is 4.98 Å². The summed E-state index contributed by atoms with van der Waals surface area (Å²) in [7, 11) is 1.73. The van der Waals surface area contributed by atoms with E-state index in [2.05, 4.69) is 9.98 Å². The standard InChI is InChI=1S/C20H15N3O3S/c1-23(16-9-5-3-7-14(16)19(25)26)20-22-18(24)17(27-20)10-12-11-21-15-8-4-2-6-13(12)15/h2-11,24H,1H3,(H,25,26). The van der Waals surface area contributed by atoms with Gasteiger partial charge in [0.25, 0.3) is 0 Å². The molecule has 0 atom stereocenters. The molecule has 27 heavy (non-hydrogen) atoms. The van der Waals surface area contributed by atoms with Crippen molar-refractivity contribution < 1.29 is 15.0 Å². The summed E-state index contributed by atoms with van der Waals surface area (Å²) in [6.45, 7) is 0. The lowest BCUT2D eigenvalue weighted by Gasteiger charge is -2.17. The Morgan fingerprint density at radius 3 is 2.70 bits per heavy atom. The molecule has 7 heteroatoms. The third-order valence-electron chi connectivity index (χ3n) is 4.25. The molecule has 6 nitrogen and oxygen atoms in total. The number of anilines is 2. The first-order valence-corrected chi connectivity index (χ1v) is 8.97. The highest BCUT2D eigenvalue weighted by Crippen LogP contribution is 2.39. The zero-order chi connectivity index (χ0) is 19.0. The van der Waals surface area contributed by atoms with Crippen molar-refractivity contribution >= 4 is 51.7 Å². The van der Waals surface area contributed by atoms with Crippen molar-refractivity contribution in [2.75, 3.05) is 11.9 Å². The molecule has 0 fully saturated rings. The molecule has 4 rings (SSSR count). The number of fused-ring (bicyclic) bond motifs is 1. The number of aliphatic imine (C=N–C) groups is 1. The van der Waals surface area contributed by atoms with E-state index in [0.29, 0.717) is 15.7 Å². The van der Waals surface area contributed by atoms with Crippen molar-refractivity contribution in [2.45, 2.75) is 0 Å². The number of thiazole rings is 1. The van der Waals surface area contributed by atoms with Gasteiger partial charge in [-0.05, 0) is 24.3 Å². The van der Waals surface area contributed by atoms with Crippen molar-refractivity contribution in [3.05, 3.63) is 64.5 Å². The second-order valence-electron chi connectivity index (χ2n) is 5.94. The zero-order valence-corrected chi connectivity index (χ0v) is 15.1. The summed E-state index contributed by atoms with van der Waals surface area (Å²) >= 11 is 1.28. The predicted octanol–water partition coefficient (Wildman–Crippen LogP) is 4.57. The Balaban J connectivity index is 1.70. The number of hydrogen-bond donors (Lipinski definition) is 2. The van der Waals surface area contributed by atoms with Crippen LogP contribution < -0.4 is 4.90 Å². The van der Waals surface area contributed by atoms with Crippen molar-refractivity contribution in [3.8, 4) is 5.88 Å². The first-order chi connectivity index (χ1) is 13.0. The average molecular weight is 377 g/mol. The Morgan fingerprint density at radius 1 is 1.15 bits per heavy atom. The van der Waals surface area contributed by atoms with Gasteiger partial charge in [-0.2, -0.15) is 4.98 Å². The highest BCUT2D eigenvalue weighted by Gasteiger charge is 2.19. The van der Waals surface area contributed by atoms with Crippen molar-refractivity contribution in [2.24, 2.45) is 4.99 Å². The molecule has 2 aromatic carbocycles. The van der Waals surface area contributed by atoms with Gasteiger partial charge in [0.05, 0.1) is 21.8 Å². The van der Waals surface area contributed by atoms with E-state index < -0.39 is 5.97 Å². The molecule has 0 unspecified atom stereocenters. The number of allylic oxidation sites excluding steroid dienone is 1. The molecule has 0 spiro atoms. The van der Waals surface area contributed by atoms with E-state index in [4.69, 9.17) is 0 Å². The van der Waals surface area contributed by atoms with Gasteiger partial charge in [0.1, 0.15) is 0 Å². The van der Waals surface area contributed by atoms with Gasteiger partial charge in [0.2, 0.25) is 5.88 Å². The van der Waals surface area contributed by atoms with Crippen LogP contribution in [0.4, 0.5) is 16.5 Å². The first kappa shape index (κ1) is 17.0. The SMILES string of the molecule is CN(c1nc(O)c(C=C2C=Nc3ccccc32)s1)c1ccccc1C(=O)O. The third kappa shape index (κ3) is 3.09. The number of carboxylic acids is 1. The summed E-state index contributed by atoms with van der Waals surface area (Å²) in [4.78, 5) is 22.3. The van der Waals surface area contributed by atoms with Crippen LogP contribution in [0.5, 0.6) is 5.88 Å². The molecule has 2 N–H and O–H groups in total.